The van der Waals surface area contributed by atoms with Crippen molar-refractivity contribution in [2.24, 2.45) is 0 Å². The molecule has 126 valence electrons. The van der Waals surface area contributed by atoms with Crippen LogP contribution in [0.3, 0.4) is 0 Å². The second-order valence-corrected chi connectivity index (χ2v) is 9.62. The maximum absolute atomic E-state index is 12.2. The van der Waals surface area contributed by atoms with E-state index >= 15 is 0 Å². The highest BCUT2D eigenvalue weighted by atomic mass is 32.2. The van der Waals surface area contributed by atoms with E-state index in [0.717, 1.165) is 24.8 Å². The zero-order valence-electron chi connectivity index (χ0n) is 13.8. The van der Waals surface area contributed by atoms with Gasteiger partial charge in [-0.3, -0.25) is 19.3 Å². The molecule has 0 saturated carbocycles. The van der Waals surface area contributed by atoms with E-state index in [4.69, 9.17) is 0 Å². The summed E-state index contributed by atoms with van der Waals surface area (Å²) < 4.78 is 0. The van der Waals surface area contributed by atoms with Gasteiger partial charge in [0.25, 0.3) is 0 Å². The zero-order valence-corrected chi connectivity index (χ0v) is 15.5. The molecule has 1 atom stereocenters. The normalized spacial score (nSPS) is 18.4. The second-order valence-electron chi connectivity index (χ2n) is 5.70. The van der Waals surface area contributed by atoms with Crippen LogP contribution in [0.1, 0.15) is 32.6 Å². The minimum atomic E-state index is -0.245. The molecular formula is C15H27N2O3PS. The van der Waals surface area contributed by atoms with Gasteiger partial charge >= 0.3 is 0 Å². The maximum atomic E-state index is 12.2. The molecule has 0 spiro atoms. The third-order valence-corrected chi connectivity index (χ3v) is 5.88. The predicted octanol–water partition coefficient (Wildman–Crippen LogP) is 1.89. The van der Waals surface area contributed by atoms with Crippen LogP contribution in [0.25, 0.3) is 0 Å². The fraction of sp³-hybridized carbons (Fsp3) is 0.800. The van der Waals surface area contributed by atoms with Gasteiger partial charge < -0.3 is 5.32 Å². The van der Waals surface area contributed by atoms with Crippen LogP contribution in [0.4, 0.5) is 0 Å². The van der Waals surface area contributed by atoms with Crippen molar-refractivity contribution in [3.8, 4) is 0 Å². The van der Waals surface area contributed by atoms with Crippen LogP contribution in [0.5, 0.6) is 0 Å². The van der Waals surface area contributed by atoms with E-state index in [1.54, 1.807) is 11.8 Å². The number of thioether (sulfide) groups is 1. The molecule has 0 aliphatic carbocycles. The fourth-order valence-electron chi connectivity index (χ4n) is 2.11. The average molecular weight is 346 g/mol. The van der Waals surface area contributed by atoms with E-state index in [9.17, 15) is 14.4 Å². The fourth-order valence-corrected chi connectivity index (χ4v) is 3.94. The zero-order chi connectivity index (χ0) is 16.5. The van der Waals surface area contributed by atoms with Crippen LogP contribution in [0, 0.1) is 0 Å². The molecule has 22 heavy (non-hydrogen) atoms. The smallest absolute Gasteiger partial charge is 0.242 e. The van der Waals surface area contributed by atoms with Crippen LogP contribution in [-0.4, -0.2) is 66.2 Å². The Morgan fingerprint density at radius 3 is 2.77 bits per heavy atom. The van der Waals surface area contributed by atoms with Crippen molar-refractivity contribution < 1.29 is 14.4 Å². The lowest BCUT2D eigenvalue weighted by molar-refractivity contribution is -0.138. The van der Waals surface area contributed by atoms with Gasteiger partial charge in [-0.2, -0.15) is 0 Å². The van der Waals surface area contributed by atoms with E-state index in [0.29, 0.717) is 6.54 Å². The van der Waals surface area contributed by atoms with E-state index in [1.807, 2.05) is 0 Å². The first-order valence-corrected chi connectivity index (χ1v) is 11.3. The van der Waals surface area contributed by atoms with Gasteiger partial charge in [0.2, 0.25) is 17.7 Å². The number of unbranched alkanes of at least 4 members (excludes halogenated alkanes) is 1. The average Bonchev–Trinajstić information content (AvgIpc) is 2.71. The van der Waals surface area contributed by atoms with E-state index in [-0.39, 0.29) is 50.3 Å². The molecule has 1 heterocycles. The molecule has 3 amide bonds. The molecule has 7 heteroatoms. The Morgan fingerprint density at radius 2 is 2.14 bits per heavy atom. The Hall–Kier alpha value is -0.610. The Bertz CT molecular complexity index is 404. The lowest BCUT2D eigenvalue weighted by Crippen LogP contribution is -2.36. The van der Waals surface area contributed by atoms with Crippen LogP contribution in [-0.2, 0) is 14.4 Å². The van der Waals surface area contributed by atoms with Crippen LogP contribution in [0.15, 0.2) is 0 Å². The highest BCUT2D eigenvalue weighted by Crippen LogP contribution is 2.26. The molecule has 1 saturated heterocycles. The lowest BCUT2D eigenvalue weighted by Gasteiger charge is -2.15. The van der Waals surface area contributed by atoms with Crippen molar-refractivity contribution in [2.45, 2.75) is 37.9 Å². The van der Waals surface area contributed by atoms with Crippen molar-refractivity contribution in [1.29, 1.82) is 0 Å². The molecule has 0 radical (unpaired) electrons. The molecule has 1 aliphatic rings. The Morgan fingerprint density at radius 1 is 1.41 bits per heavy atom. The number of nitrogens with one attached hydrogen (secondary N) is 1. The minimum Gasteiger partial charge on any atom is -0.356 e. The van der Waals surface area contributed by atoms with E-state index in [2.05, 4.69) is 25.6 Å². The van der Waals surface area contributed by atoms with Gasteiger partial charge in [-0.15, -0.1) is 19.7 Å². The monoisotopic (exact) mass is 346 g/mol. The predicted molar refractivity (Wildman–Crippen MR) is 93.8 cm³/mol. The van der Waals surface area contributed by atoms with Gasteiger partial charge in [-0.1, -0.05) is 13.3 Å². The molecule has 1 rings (SSSR count). The number of nitrogens with zero attached hydrogens (tertiary/aromatic N) is 1. The first kappa shape index (κ1) is 19.4. The Kier molecular flexibility index (Phi) is 9.03. The van der Waals surface area contributed by atoms with Gasteiger partial charge in [0.15, 0.2) is 0 Å². The largest absolute Gasteiger partial charge is 0.356 e. The molecule has 1 unspecified atom stereocenters. The van der Waals surface area contributed by atoms with Crippen molar-refractivity contribution in [2.75, 3.05) is 38.3 Å². The number of amides is 3. The number of rotatable bonds is 10. The number of hydrogen-bond acceptors (Lipinski definition) is 4. The van der Waals surface area contributed by atoms with E-state index < -0.39 is 0 Å². The summed E-state index contributed by atoms with van der Waals surface area (Å²) in [5.74, 6) is 0.562. The molecule has 0 bridgehead atoms. The number of carbonyl (C=O) groups is 3. The van der Waals surface area contributed by atoms with Crippen LogP contribution in [0.2, 0.25) is 0 Å². The first-order chi connectivity index (χ1) is 10.5. The summed E-state index contributed by atoms with van der Waals surface area (Å²) >= 11 is 1.57. The first-order valence-electron chi connectivity index (χ1n) is 7.83. The van der Waals surface area contributed by atoms with Gasteiger partial charge in [0, 0.05) is 25.9 Å². The van der Waals surface area contributed by atoms with Crippen molar-refractivity contribution in [3.05, 3.63) is 0 Å². The second kappa shape index (κ2) is 10.2. The van der Waals surface area contributed by atoms with Crippen LogP contribution < -0.4 is 5.32 Å². The standard InChI is InChI=1S/C15H27N2O3PS/c1-4-5-10-22-12-11-14(19)17(15(12)20)8-6-13(18)16-7-9-21(2)3/h12H,4-11H2,1-3H3,(H,16,18). The Labute approximate surface area is 138 Å². The molecule has 1 fully saturated rings. The van der Waals surface area contributed by atoms with Crippen molar-refractivity contribution in [1.82, 2.24) is 10.2 Å². The lowest BCUT2D eigenvalue weighted by atomic mass is 10.3. The summed E-state index contributed by atoms with van der Waals surface area (Å²) in [4.78, 5) is 37.1. The van der Waals surface area contributed by atoms with Gasteiger partial charge in [-0.25, -0.2) is 0 Å². The third kappa shape index (κ3) is 6.66. The SMILES string of the molecule is CCCCSC1CC(=O)N(CCC(=O)NCCP(C)C)C1=O. The Balaban J connectivity index is 2.31. The number of likely N-dealkylation sites (tertiary alicyclic amines) is 1. The minimum absolute atomic E-state index is 0.0132. The van der Waals surface area contributed by atoms with Gasteiger partial charge in [0.05, 0.1) is 5.25 Å². The highest BCUT2D eigenvalue weighted by molar-refractivity contribution is 8.00. The molecule has 0 aromatic carbocycles. The number of hydrogen-bond donors (Lipinski definition) is 1. The van der Waals surface area contributed by atoms with E-state index in [1.165, 1.54) is 4.90 Å². The molecule has 1 N–H and O–H groups in total. The summed E-state index contributed by atoms with van der Waals surface area (Å²) in [6, 6.07) is 0. The molecule has 0 aromatic rings. The van der Waals surface area contributed by atoms with Crippen molar-refractivity contribution >= 4 is 37.4 Å². The van der Waals surface area contributed by atoms with Gasteiger partial charge in [-0.05, 0) is 31.7 Å². The molecule has 0 aromatic heterocycles. The third-order valence-electron chi connectivity index (χ3n) is 3.46. The van der Waals surface area contributed by atoms with Crippen LogP contribution >= 0.6 is 19.7 Å². The summed E-state index contributed by atoms with van der Waals surface area (Å²) in [5.41, 5.74) is 0. The summed E-state index contributed by atoms with van der Waals surface area (Å²) in [6.45, 7) is 7.32. The van der Waals surface area contributed by atoms with Crippen molar-refractivity contribution in [3.63, 3.8) is 0 Å². The maximum Gasteiger partial charge on any atom is 0.242 e. The van der Waals surface area contributed by atoms with Gasteiger partial charge in [0.1, 0.15) is 0 Å². The molecule has 1 aliphatic heterocycles. The number of carbonyl (C=O) groups excluding carboxylic acids is 3. The highest BCUT2D eigenvalue weighted by Gasteiger charge is 2.38. The molecular weight excluding hydrogens is 319 g/mol. The topological polar surface area (TPSA) is 66.5 Å². The summed E-state index contributed by atoms with van der Waals surface area (Å²) in [5, 5.41) is 2.60. The summed E-state index contributed by atoms with van der Waals surface area (Å²) in [7, 11) is -0.0132. The molecule has 5 nitrogen and oxygen atoms in total. The summed E-state index contributed by atoms with van der Waals surface area (Å²) in [6.07, 6.45) is 3.63. The quantitative estimate of drug-likeness (QED) is 0.373. The number of imide groups is 1.